The molecule has 0 saturated heterocycles. The average Bonchev–Trinajstić information content (AvgIpc) is 2.96. The lowest BCUT2D eigenvalue weighted by Crippen LogP contribution is -2.25. The number of aromatic nitrogens is 8. The van der Waals surface area contributed by atoms with Crippen LogP contribution in [0.4, 0.5) is 0 Å². The Morgan fingerprint density at radius 2 is 0.658 bits per heavy atom. The van der Waals surface area contributed by atoms with Crippen molar-refractivity contribution in [2.45, 2.75) is 64.7 Å². The van der Waals surface area contributed by atoms with Gasteiger partial charge in [-0.2, -0.15) is 0 Å². The van der Waals surface area contributed by atoms with Gasteiger partial charge in [0.25, 0.3) is 0 Å². The first-order valence-corrected chi connectivity index (χ1v) is 13.3. The molecule has 0 unspecified atom stereocenters. The minimum Gasteiger partial charge on any atom is -0.292 e. The normalized spacial score (nSPS) is 11.3. The van der Waals surface area contributed by atoms with E-state index in [4.69, 9.17) is 0 Å². The van der Waals surface area contributed by atoms with Gasteiger partial charge in [-0.05, 0) is 25.9 Å². The van der Waals surface area contributed by atoms with Crippen molar-refractivity contribution in [2.75, 3.05) is 13.1 Å². The van der Waals surface area contributed by atoms with E-state index in [2.05, 4.69) is 49.7 Å². The molecule has 0 spiro atoms. The Hall–Kier alpha value is -3.76. The Labute approximate surface area is 224 Å². The van der Waals surface area contributed by atoms with Gasteiger partial charge < -0.3 is 0 Å². The molecule has 0 N–H and O–H groups in total. The highest BCUT2D eigenvalue weighted by Gasteiger charge is 2.11. The minimum atomic E-state index is 0.762. The fourth-order valence-electron chi connectivity index (χ4n) is 4.37. The van der Waals surface area contributed by atoms with Crippen molar-refractivity contribution in [3.8, 4) is 0 Å². The summed E-state index contributed by atoms with van der Waals surface area (Å²) in [5.74, 6) is 0. The lowest BCUT2D eigenvalue weighted by molar-refractivity contribution is 0.240. The van der Waals surface area contributed by atoms with Crippen LogP contribution >= 0.6 is 0 Å². The number of rotatable bonds is 17. The molecule has 10 nitrogen and oxygen atoms in total. The lowest BCUT2D eigenvalue weighted by atomic mass is 10.1. The first kappa shape index (κ1) is 27.3. The summed E-state index contributed by atoms with van der Waals surface area (Å²) >= 11 is 0. The molecule has 0 aliphatic rings. The van der Waals surface area contributed by atoms with Gasteiger partial charge in [0.15, 0.2) is 0 Å². The van der Waals surface area contributed by atoms with Crippen LogP contribution in [0.25, 0.3) is 0 Å². The van der Waals surface area contributed by atoms with Gasteiger partial charge >= 0.3 is 0 Å². The fraction of sp³-hybridized carbons (Fsp3) is 0.429. The molecule has 4 heterocycles. The van der Waals surface area contributed by atoms with Crippen LogP contribution in [0.3, 0.4) is 0 Å². The van der Waals surface area contributed by atoms with Gasteiger partial charge in [-0.25, -0.2) is 0 Å². The van der Waals surface area contributed by atoms with Crippen LogP contribution in [0.15, 0.2) is 74.4 Å². The summed E-state index contributed by atoms with van der Waals surface area (Å²) in [6.45, 7) is 5.04. The largest absolute Gasteiger partial charge is 0.292 e. The van der Waals surface area contributed by atoms with Crippen molar-refractivity contribution in [1.29, 1.82) is 0 Å². The Morgan fingerprint density at radius 1 is 0.368 bits per heavy atom. The van der Waals surface area contributed by atoms with E-state index in [9.17, 15) is 0 Å². The van der Waals surface area contributed by atoms with Gasteiger partial charge in [-0.3, -0.25) is 49.7 Å². The Morgan fingerprint density at radius 3 is 0.921 bits per heavy atom. The molecule has 0 aliphatic heterocycles. The van der Waals surface area contributed by atoms with E-state index in [1.54, 1.807) is 49.6 Å². The summed E-state index contributed by atoms with van der Waals surface area (Å²) in [6.07, 6.45) is 28.3. The highest BCUT2D eigenvalue weighted by atomic mass is 15.1. The summed E-state index contributed by atoms with van der Waals surface area (Å²) in [4.78, 5) is 39.4. The summed E-state index contributed by atoms with van der Waals surface area (Å²) in [5, 5.41) is 0. The van der Waals surface area contributed by atoms with Crippen LogP contribution in [0.5, 0.6) is 0 Å². The van der Waals surface area contributed by atoms with E-state index in [1.165, 1.54) is 25.7 Å². The predicted molar refractivity (Wildman–Crippen MR) is 144 cm³/mol. The van der Waals surface area contributed by atoms with Crippen molar-refractivity contribution in [3.05, 3.63) is 97.1 Å². The molecule has 4 rings (SSSR count). The van der Waals surface area contributed by atoms with Gasteiger partial charge in [0.1, 0.15) is 0 Å². The minimum absolute atomic E-state index is 0.762. The molecule has 0 amide bonds. The molecular weight excluding hydrogens is 476 g/mol. The van der Waals surface area contributed by atoms with Crippen molar-refractivity contribution in [2.24, 2.45) is 0 Å². The summed E-state index contributed by atoms with van der Waals surface area (Å²) in [6, 6.07) is 0. The molecule has 0 fully saturated rings. The van der Waals surface area contributed by atoms with Crippen molar-refractivity contribution < 1.29 is 0 Å². The molecule has 4 aromatic rings. The Kier molecular flexibility index (Phi) is 11.6. The Bertz CT molecular complexity index is 957. The van der Waals surface area contributed by atoms with Gasteiger partial charge in [0.05, 0.1) is 22.8 Å². The maximum atomic E-state index is 4.45. The topological polar surface area (TPSA) is 110 Å². The van der Waals surface area contributed by atoms with Crippen LogP contribution < -0.4 is 0 Å². The molecule has 0 saturated carbocycles. The van der Waals surface area contributed by atoms with Gasteiger partial charge in [-0.15, -0.1) is 0 Å². The van der Waals surface area contributed by atoms with E-state index in [0.29, 0.717) is 0 Å². The van der Waals surface area contributed by atoms with E-state index in [-0.39, 0.29) is 0 Å². The zero-order valence-corrected chi connectivity index (χ0v) is 21.9. The van der Waals surface area contributed by atoms with Crippen LogP contribution in [0, 0.1) is 0 Å². The summed E-state index contributed by atoms with van der Waals surface area (Å²) in [5.41, 5.74) is 3.90. The molecule has 10 heteroatoms. The SMILES string of the molecule is c1cnc(CN(CCCCCCCCN(Cc2cnccn2)Cc2cnccn2)Cc2cnccn2)cn1. The average molecular weight is 513 g/mol. The smallest absolute Gasteiger partial charge is 0.0726 e. The third-order valence-corrected chi connectivity index (χ3v) is 6.21. The quantitative estimate of drug-likeness (QED) is 0.193. The number of hydrogen-bond donors (Lipinski definition) is 0. The number of unbranched alkanes of at least 4 members (excludes halogenated alkanes) is 5. The third-order valence-electron chi connectivity index (χ3n) is 6.21. The molecular formula is C28H36N10. The predicted octanol–water partition coefficient (Wildman–Crippen LogP) is 3.89. The fourth-order valence-corrected chi connectivity index (χ4v) is 4.37. The van der Waals surface area contributed by atoms with E-state index in [0.717, 1.165) is 74.9 Å². The van der Waals surface area contributed by atoms with Gasteiger partial charge in [-0.1, -0.05) is 25.7 Å². The second kappa shape index (κ2) is 16.2. The van der Waals surface area contributed by atoms with Gasteiger partial charge in [0.2, 0.25) is 0 Å². The van der Waals surface area contributed by atoms with Crippen molar-refractivity contribution in [1.82, 2.24) is 49.7 Å². The van der Waals surface area contributed by atoms with Crippen molar-refractivity contribution in [3.63, 3.8) is 0 Å². The van der Waals surface area contributed by atoms with Crippen LogP contribution in [0.1, 0.15) is 61.3 Å². The van der Waals surface area contributed by atoms with Crippen molar-refractivity contribution >= 4 is 0 Å². The number of hydrogen-bond acceptors (Lipinski definition) is 10. The maximum absolute atomic E-state index is 4.45. The van der Waals surface area contributed by atoms with Crippen LogP contribution in [-0.4, -0.2) is 62.8 Å². The van der Waals surface area contributed by atoms with Crippen LogP contribution in [0.2, 0.25) is 0 Å². The second-order valence-electron chi connectivity index (χ2n) is 9.33. The zero-order valence-electron chi connectivity index (χ0n) is 21.9. The molecule has 198 valence electrons. The molecule has 0 atom stereocenters. The highest BCUT2D eigenvalue weighted by Crippen LogP contribution is 2.12. The van der Waals surface area contributed by atoms with E-state index in [1.807, 2.05) is 24.8 Å². The molecule has 4 aromatic heterocycles. The molecule has 0 bridgehead atoms. The van der Waals surface area contributed by atoms with E-state index >= 15 is 0 Å². The first-order valence-electron chi connectivity index (χ1n) is 13.3. The van der Waals surface area contributed by atoms with Crippen LogP contribution in [-0.2, 0) is 26.2 Å². The molecule has 38 heavy (non-hydrogen) atoms. The van der Waals surface area contributed by atoms with E-state index < -0.39 is 0 Å². The Balaban J connectivity index is 1.16. The second-order valence-corrected chi connectivity index (χ2v) is 9.33. The first-order chi connectivity index (χ1) is 18.8. The number of nitrogens with zero attached hydrogens (tertiary/aromatic N) is 10. The van der Waals surface area contributed by atoms with Gasteiger partial charge in [0, 0.05) is 101 Å². The maximum Gasteiger partial charge on any atom is 0.0726 e. The third kappa shape index (κ3) is 10.3. The highest BCUT2D eigenvalue weighted by molar-refractivity contribution is 4.99. The standard InChI is InChI=1S/C28H36N10/c1(3-5-15-37(21-25-17-29-7-11-33-25)22-26-18-30-8-12-34-26)2-4-6-16-38(23-27-19-31-9-13-35-27)24-28-20-32-10-14-36-28/h7-14,17-20H,1-6,15-16,21-24H2. The molecule has 0 aromatic carbocycles. The molecule has 0 aliphatic carbocycles. The molecule has 0 radical (unpaired) electrons. The summed E-state index contributed by atoms with van der Waals surface area (Å²) < 4.78 is 0. The zero-order chi connectivity index (χ0) is 26.1. The lowest BCUT2D eigenvalue weighted by Gasteiger charge is -2.22. The summed E-state index contributed by atoms with van der Waals surface area (Å²) in [7, 11) is 0. The monoisotopic (exact) mass is 512 g/mol.